The van der Waals surface area contributed by atoms with Crippen LogP contribution in [0.2, 0.25) is 0 Å². The van der Waals surface area contributed by atoms with Gasteiger partial charge in [-0.05, 0) is 166 Å². The molecule has 14 rings (SSSR count). The summed E-state index contributed by atoms with van der Waals surface area (Å²) in [5.41, 5.74) is 23.9. The largest absolute Gasteiger partial charge is 0.503 e. The van der Waals surface area contributed by atoms with Crippen LogP contribution in [-0.4, -0.2) is 32.2 Å². The summed E-state index contributed by atoms with van der Waals surface area (Å²) in [7, 11) is 0. The third kappa shape index (κ3) is 8.25. The second-order valence-corrected chi connectivity index (χ2v) is 28.6. The fraction of sp³-hybridized carbons (Fsp3) is 0.231. The van der Waals surface area contributed by atoms with E-state index in [-0.39, 0.29) is 39.5 Å². The molecular weight excluding hydrogens is 1070 g/mol. The van der Waals surface area contributed by atoms with Gasteiger partial charge in [0.25, 0.3) is 6.71 Å². The summed E-state index contributed by atoms with van der Waals surface area (Å²) in [6.45, 7) is 29.2. The Bertz CT molecular complexity index is 4530. The molecule has 0 amide bonds. The van der Waals surface area contributed by atoms with Gasteiger partial charge in [-0.1, -0.05) is 205 Å². The van der Waals surface area contributed by atoms with Crippen LogP contribution in [0.5, 0.6) is 28.7 Å². The van der Waals surface area contributed by atoms with E-state index in [4.69, 9.17) is 0 Å². The Balaban J connectivity index is 1.10. The lowest BCUT2D eigenvalue weighted by molar-refractivity contribution is 0.329. The van der Waals surface area contributed by atoms with Crippen molar-refractivity contribution in [1.82, 2.24) is 0 Å². The zero-order valence-corrected chi connectivity index (χ0v) is 52.0. The van der Waals surface area contributed by atoms with E-state index in [9.17, 15) is 25.5 Å². The fourth-order valence-corrected chi connectivity index (χ4v) is 14.6. The van der Waals surface area contributed by atoms with Gasteiger partial charge in [-0.15, -0.1) is 0 Å². The maximum Gasteiger partial charge on any atom is 0.252 e. The van der Waals surface area contributed by atoms with Crippen molar-refractivity contribution >= 4 is 74.3 Å². The van der Waals surface area contributed by atoms with Crippen molar-refractivity contribution in [3.8, 4) is 62.1 Å². The molecule has 9 heteroatoms. The van der Waals surface area contributed by atoms with Gasteiger partial charge in [0.15, 0.2) is 11.5 Å². The lowest BCUT2D eigenvalue weighted by Crippen LogP contribution is -2.61. The van der Waals surface area contributed by atoms with E-state index >= 15 is 0 Å². The molecule has 0 saturated heterocycles. The van der Waals surface area contributed by atoms with Gasteiger partial charge in [0, 0.05) is 56.2 Å². The Morgan fingerprint density at radius 1 is 0.368 bits per heavy atom. The van der Waals surface area contributed by atoms with Gasteiger partial charge >= 0.3 is 0 Å². The number of nitrogens with zero attached hydrogens (tertiary/aromatic N) is 3. The number of phenolic OH excluding ortho intramolecular Hbond substituents is 5. The standard InChI is InChI=1S/C78H74BN3O5/c1-74(2,3)45-27-35-62(55(37-45)44-21-15-14-16-22-44)82(68-69(83)71(85)73(87)72(86)70(68)84)50-31-34-60-64(43-50)81(49-30-33-54-52-24-18-20-26-57(52)78(12,13)59(54)42-49)66-40-47(76(7,8)9)39-65-67(66)79(60)61-38-46(75(4,5)6)28-36-63(61)80(65)48-29-32-53-51-23-17-19-25-56(51)77(10,11)58(53)41-48/h14-43,83-87H,1-13H3. The number of fused-ring (bicyclic) bond motifs is 10. The van der Waals surface area contributed by atoms with Crippen LogP contribution in [-0.2, 0) is 27.1 Å². The monoisotopic (exact) mass is 1140 g/mol. The van der Waals surface area contributed by atoms with E-state index in [1.165, 1.54) is 50.1 Å². The second kappa shape index (κ2) is 18.8. The topological polar surface area (TPSA) is 111 Å². The second-order valence-electron chi connectivity index (χ2n) is 28.6. The lowest BCUT2D eigenvalue weighted by atomic mass is 9.33. The molecule has 2 aliphatic heterocycles. The SMILES string of the molecule is CC(C)(C)c1ccc2c(c1)B1c3ccc(N(c4ccc(C(C)(C)C)cc4-c4ccccc4)c4c(O)c(O)c(O)c(O)c4O)cc3N(c3ccc4c(c3)C(C)(C)c3ccccc3-4)c3cc(C(C)(C)C)cc(c31)N2c1ccc2c(c1)C(C)(C)c1ccccc1-2. The minimum atomic E-state index is -1.03. The fourth-order valence-electron chi connectivity index (χ4n) is 14.6. The van der Waals surface area contributed by atoms with Crippen LogP contribution in [0.3, 0.4) is 0 Å². The normalized spacial score (nSPS) is 14.8. The average Bonchev–Trinajstić information content (AvgIpc) is 1.000. The first-order valence-corrected chi connectivity index (χ1v) is 30.4. The van der Waals surface area contributed by atoms with Gasteiger partial charge in [0.1, 0.15) is 5.69 Å². The predicted molar refractivity (Wildman–Crippen MR) is 360 cm³/mol. The highest BCUT2D eigenvalue weighted by molar-refractivity contribution is 7.00. The van der Waals surface area contributed by atoms with Crippen molar-refractivity contribution in [3.63, 3.8) is 0 Å². The highest BCUT2D eigenvalue weighted by atomic mass is 16.4. The molecule has 87 heavy (non-hydrogen) atoms. The average molecular weight is 1140 g/mol. The number of phenols is 5. The number of hydrogen-bond acceptors (Lipinski definition) is 8. The summed E-state index contributed by atoms with van der Waals surface area (Å²) in [5, 5.41) is 58.6. The molecule has 0 unspecified atom stereocenters. The van der Waals surface area contributed by atoms with Crippen molar-refractivity contribution in [2.45, 2.75) is 117 Å². The molecule has 10 aromatic carbocycles. The van der Waals surface area contributed by atoms with Crippen molar-refractivity contribution in [1.29, 1.82) is 0 Å². The van der Waals surface area contributed by atoms with E-state index in [0.717, 1.165) is 72.8 Å². The zero-order valence-electron chi connectivity index (χ0n) is 52.0. The molecule has 8 nitrogen and oxygen atoms in total. The lowest BCUT2D eigenvalue weighted by Gasteiger charge is -2.46. The van der Waals surface area contributed by atoms with Crippen LogP contribution in [0.25, 0.3) is 33.4 Å². The summed E-state index contributed by atoms with van der Waals surface area (Å²) >= 11 is 0. The summed E-state index contributed by atoms with van der Waals surface area (Å²) in [6, 6.07) is 65.9. The summed E-state index contributed by atoms with van der Waals surface area (Å²) in [4.78, 5) is 6.65. The molecule has 0 fully saturated rings. The number of rotatable bonds is 6. The minimum Gasteiger partial charge on any atom is -0.503 e. The predicted octanol–water partition coefficient (Wildman–Crippen LogP) is 17.9. The van der Waals surface area contributed by atoms with Crippen molar-refractivity contribution < 1.29 is 25.5 Å². The van der Waals surface area contributed by atoms with E-state index in [1.54, 1.807) is 4.90 Å². The van der Waals surface area contributed by atoms with Gasteiger partial charge in [-0.3, -0.25) is 0 Å². The summed E-state index contributed by atoms with van der Waals surface area (Å²) < 4.78 is 0. The number of hydrogen-bond donors (Lipinski definition) is 5. The summed E-state index contributed by atoms with van der Waals surface area (Å²) in [6.07, 6.45) is 0. The molecule has 0 atom stereocenters. The molecule has 4 aliphatic rings. The third-order valence-corrected chi connectivity index (χ3v) is 19.5. The number of aromatic hydroxyl groups is 5. The molecule has 2 aliphatic carbocycles. The van der Waals surface area contributed by atoms with Gasteiger partial charge < -0.3 is 40.2 Å². The summed E-state index contributed by atoms with van der Waals surface area (Å²) in [5.74, 6) is -4.59. The smallest absolute Gasteiger partial charge is 0.252 e. The van der Waals surface area contributed by atoms with E-state index in [1.807, 2.05) is 48.5 Å². The quantitative estimate of drug-likeness (QED) is 0.0636. The Hall–Kier alpha value is -9.34. The Morgan fingerprint density at radius 3 is 1.38 bits per heavy atom. The van der Waals surface area contributed by atoms with E-state index in [2.05, 4.69) is 233 Å². The zero-order chi connectivity index (χ0) is 61.3. The van der Waals surface area contributed by atoms with Crippen LogP contribution >= 0.6 is 0 Å². The van der Waals surface area contributed by atoms with Gasteiger partial charge in [0.2, 0.25) is 17.2 Å². The molecule has 0 saturated carbocycles. The van der Waals surface area contributed by atoms with Crippen molar-refractivity contribution in [3.05, 3.63) is 221 Å². The van der Waals surface area contributed by atoms with Crippen molar-refractivity contribution in [2.75, 3.05) is 14.7 Å². The van der Waals surface area contributed by atoms with Gasteiger partial charge in [-0.2, -0.15) is 0 Å². The van der Waals surface area contributed by atoms with Crippen LogP contribution < -0.4 is 31.1 Å². The maximum atomic E-state index is 12.3. The first-order chi connectivity index (χ1) is 41.2. The first kappa shape index (κ1) is 55.5. The van der Waals surface area contributed by atoms with Crippen LogP contribution in [0.15, 0.2) is 182 Å². The first-order valence-electron chi connectivity index (χ1n) is 30.4. The van der Waals surface area contributed by atoms with Crippen LogP contribution in [0.1, 0.15) is 129 Å². The maximum absolute atomic E-state index is 12.3. The Morgan fingerprint density at radius 2 is 0.839 bits per heavy atom. The van der Waals surface area contributed by atoms with E-state index in [0.29, 0.717) is 11.4 Å². The number of anilines is 9. The van der Waals surface area contributed by atoms with Crippen LogP contribution in [0.4, 0.5) is 51.2 Å². The molecule has 0 aromatic heterocycles. The number of benzene rings is 10. The molecule has 0 radical (unpaired) electrons. The van der Waals surface area contributed by atoms with Crippen LogP contribution in [0, 0.1) is 0 Å². The minimum absolute atomic E-state index is 0.199. The molecule has 434 valence electrons. The highest BCUT2D eigenvalue weighted by Gasteiger charge is 2.47. The third-order valence-electron chi connectivity index (χ3n) is 19.5. The van der Waals surface area contributed by atoms with E-state index < -0.39 is 28.7 Å². The molecule has 10 aromatic rings. The molecule has 0 spiro atoms. The molecule has 5 N–H and O–H groups in total. The van der Waals surface area contributed by atoms with Gasteiger partial charge in [0.05, 0.1) is 5.69 Å². The highest BCUT2D eigenvalue weighted by Crippen LogP contribution is 2.60. The Labute approximate surface area is 512 Å². The molecule has 2 heterocycles. The van der Waals surface area contributed by atoms with Gasteiger partial charge in [-0.25, -0.2) is 0 Å². The molecule has 0 bridgehead atoms. The Kier molecular flexibility index (Phi) is 12.0. The van der Waals surface area contributed by atoms with Crippen molar-refractivity contribution in [2.24, 2.45) is 0 Å². The molecular formula is C78H74BN3O5.